The van der Waals surface area contributed by atoms with E-state index >= 15 is 0 Å². The van der Waals surface area contributed by atoms with E-state index in [0.717, 1.165) is 25.3 Å². The molecule has 0 atom stereocenters. The molecule has 4 rings (SSSR count). The summed E-state index contributed by atoms with van der Waals surface area (Å²) in [5.41, 5.74) is 2.45. The molecule has 1 N–H and O–H groups in total. The highest BCUT2D eigenvalue weighted by Crippen LogP contribution is 2.30. The van der Waals surface area contributed by atoms with Gasteiger partial charge in [0.2, 0.25) is 11.6 Å². The fourth-order valence-corrected chi connectivity index (χ4v) is 3.85. The minimum Gasteiger partial charge on any atom is -0.364 e. The van der Waals surface area contributed by atoms with Crippen LogP contribution in [0.15, 0.2) is 66.0 Å². The average Bonchev–Trinajstić information content (AvgIpc) is 2.77. The highest BCUT2D eigenvalue weighted by atomic mass is 16.1. The van der Waals surface area contributed by atoms with Crippen LogP contribution in [0.4, 0.5) is 5.69 Å². The summed E-state index contributed by atoms with van der Waals surface area (Å²) >= 11 is 0. The number of hydrogen-bond donors (Lipinski definition) is 1. The second-order valence-corrected chi connectivity index (χ2v) is 7.16. The van der Waals surface area contributed by atoms with Crippen LogP contribution in [-0.2, 0) is 0 Å². The topological polar surface area (TPSA) is 76.4 Å². The summed E-state index contributed by atoms with van der Waals surface area (Å²) in [4.78, 5) is 30.9. The van der Waals surface area contributed by atoms with E-state index in [1.54, 1.807) is 24.3 Å². The number of nitriles is 1. The number of para-hydroxylation sites is 1. The van der Waals surface area contributed by atoms with Gasteiger partial charge < -0.3 is 10.2 Å². The van der Waals surface area contributed by atoms with Gasteiger partial charge in [-0.15, -0.1) is 0 Å². The summed E-state index contributed by atoms with van der Waals surface area (Å²) in [5, 5.41) is 12.0. The van der Waals surface area contributed by atoms with Crippen molar-refractivity contribution in [2.45, 2.75) is 6.42 Å². The maximum atomic E-state index is 13.4. The van der Waals surface area contributed by atoms with Crippen LogP contribution in [0.2, 0.25) is 0 Å². The Labute approximate surface area is 170 Å². The number of hydrogen-bond acceptors (Lipinski definition) is 6. The summed E-state index contributed by atoms with van der Waals surface area (Å²) in [6.45, 7) is 3.53. The summed E-state index contributed by atoms with van der Waals surface area (Å²) in [7, 11) is 0. The van der Waals surface area contributed by atoms with Crippen molar-refractivity contribution >= 4 is 17.3 Å². The molecule has 29 heavy (non-hydrogen) atoms. The molecule has 2 aliphatic rings. The van der Waals surface area contributed by atoms with Crippen molar-refractivity contribution in [3.8, 4) is 6.07 Å². The van der Waals surface area contributed by atoms with E-state index in [0.29, 0.717) is 42.0 Å². The smallest absolute Gasteiger partial charge is 0.212 e. The molecule has 1 heterocycles. The lowest BCUT2D eigenvalue weighted by atomic mass is 9.89. The first-order valence-corrected chi connectivity index (χ1v) is 9.78. The molecule has 1 saturated heterocycles. The lowest BCUT2D eigenvalue weighted by Crippen LogP contribution is -2.48. The number of Topliss-reactive ketones (excluding diaryl/α,β-unsaturated/α-hetero) is 2. The largest absolute Gasteiger partial charge is 0.364 e. The Morgan fingerprint density at radius 2 is 1.48 bits per heavy atom. The fraction of sp³-hybridized carbons (Fsp3) is 0.261. The quantitative estimate of drug-likeness (QED) is 0.852. The Kier molecular flexibility index (Phi) is 5.41. The monoisotopic (exact) mass is 386 g/mol. The molecule has 0 bridgehead atoms. The molecule has 1 aliphatic carbocycles. The maximum absolute atomic E-state index is 13.4. The van der Waals surface area contributed by atoms with Gasteiger partial charge in [0.15, 0.2) is 0 Å². The summed E-state index contributed by atoms with van der Waals surface area (Å²) in [6, 6.07) is 18.6. The number of piperazine rings is 1. The van der Waals surface area contributed by atoms with Crippen molar-refractivity contribution in [3.63, 3.8) is 0 Å². The van der Waals surface area contributed by atoms with Gasteiger partial charge in [0.1, 0.15) is 11.4 Å². The number of rotatable bonds is 5. The zero-order valence-corrected chi connectivity index (χ0v) is 16.1. The zero-order chi connectivity index (χ0) is 20.2. The van der Waals surface area contributed by atoms with Gasteiger partial charge in [-0.05, 0) is 12.1 Å². The molecule has 1 fully saturated rings. The number of nitrogens with zero attached hydrogens (tertiary/aromatic N) is 3. The summed E-state index contributed by atoms with van der Waals surface area (Å²) in [6.07, 6.45) is 0.494. The SMILES string of the molecule is N#CCCN1CCN(C2=C(Nc3ccccc3)C(=O)c3ccccc3C2=O)CC1. The third kappa shape index (κ3) is 3.78. The molecule has 2 aromatic rings. The number of ketones is 2. The number of nitrogens with one attached hydrogen (secondary N) is 1. The molecule has 0 radical (unpaired) electrons. The number of benzene rings is 2. The van der Waals surface area contributed by atoms with E-state index in [1.165, 1.54) is 0 Å². The van der Waals surface area contributed by atoms with E-state index in [4.69, 9.17) is 5.26 Å². The van der Waals surface area contributed by atoms with Gasteiger partial charge in [-0.1, -0.05) is 42.5 Å². The number of carbonyl (C=O) groups is 2. The van der Waals surface area contributed by atoms with Gasteiger partial charge in [-0.25, -0.2) is 0 Å². The fourth-order valence-electron chi connectivity index (χ4n) is 3.85. The Morgan fingerprint density at radius 1 is 0.862 bits per heavy atom. The van der Waals surface area contributed by atoms with Gasteiger partial charge in [0.25, 0.3) is 0 Å². The molecular formula is C23H22N4O2. The molecule has 6 heteroatoms. The Morgan fingerprint density at radius 3 is 2.14 bits per heavy atom. The molecule has 1 aliphatic heterocycles. The van der Waals surface area contributed by atoms with Crippen LogP contribution < -0.4 is 5.32 Å². The van der Waals surface area contributed by atoms with Crippen LogP contribution in [-0.4, -0.2) is 54.1 Å². The Bertz CT molecular complexity index is 999. The van der Waals surface area contributed by atoms with Crippen molar-refractivity contribution in [3.05, 3.63) is 77.1 Å². The van der Waals surface area contributed by atoms with Crippen LogP contribution in [0.1, 0.15) is 27.1 Å². The first-order chi connectivity index (χ1) is 14.2. The second-order valence-electron chi connectivity index (χ2n) is 7.16. The number of anilines is 1. The predicted molar refractivity (Wildman–Crippen MR) is 110 cm³/mol. The third-order valence-electron chi connectivity index (χ3n) is 5.37. The summed E-state index contributed by atoms with van der Waals surface area (Å²) in [5.74, 6) is -0.282. The Hall–Kier alpha value is -3.43. The van der Waals surface area contributed by atoms with Crippen LogP contribution >= 0.6 is 0 Å². The van der Waals surface area contributed by atoms with Gasteiger partial charge in [0, 0.05) is 56.0 Å². The normalized spacial score (nSPS) is 17.1. The highest BCUT2D eigenvalue weighted by Gasteiger charge is 2.36. The van der Waals surface area contributed by atoms with Gasteiger partial charge in [0.05, 0.1) is 6.07 Å². The Balaban J connectivity index is 1.68. The first kappa shape index (κ1) is 18.9. The van der Waals surface area contributed by atoms with Crippen LogP contribution in [0, 0.1) is 11.3 Å². The van der Waals surface area contributed by atoms with Crippen molar-refractivity contribution < 1.29 is 9.59 Å². The molecule has 146 valence electrons. The van der Waals surface area contributed by atoms with Crippen molar-refractivity contribution in [2.24, 2.45) is 0 Å². The number of carbonyl (C=O) groups excluding carboxylic acids is 2. The standard InChI is InChI=1S/C23H22N4O2/c24-11-6-12-26-13-15-27(16-14-26)21-20(25-17-7-2-1-3-8-17)22(28)18-9-4-5-10-19(18)23(21)29/h1-5,7-10,25H,6,12-16H2. The summed E-state index contributed by atoms with van der Waals surface area (Å²) < 4.78 is 0. The average molecular weight is 386 g/mol. The van der Waals surface area contributed by atoms with E-state index in [-0.39, 0.29) is 11.6 Å². The molecule has 0 spiro atoms. The van der Waals surface area contributed by atoms with Crippen molar-refractivity contribution in [1.82, 2.24) is 9.80 Å². The molecule has 0 amide bonds. The van der Waals surface area contributed by atoms with Gasteiger partial charge in [-0.2, -0.15) is 5.26 Å². The minimum atomic E-state index is -0.161. The van der Waals surface area contributed by atoms with Gasteiger partial charge in [-0.3, -0.25) is 14.5 Å². The highest BCUT2D eigenvalue weighted by molar-refractivity contribution is 6.27. The van der Waals surface area contributed by atoms with Crippen LogP contribution in [0.5, 0.6) is 0 Å². The van der Waals surface area contributed by atoms with E-state index in [9.17, 15) is 9.59 Å². The van der Waals surface area contributed by atoms with Crippen LogP contribution in [0.25, 0.3) is 0 Å². The molecule has 0 saturated carbocycles. The zero-order valence-electron chi connectivity index (χ0n) is 16.1. The molecule has 0 aromatic heterocycles. The molecular weight excluding hydrogens is 364 g/mol. The third-order valence-corrected chi connectivity index (χ3v) is 5.37. The molecule has 6 nitrogen and oxygen atoms in total. The first-order valence-electron chi connectivity index (χ1n) is 9.78. The van der Waals surface area contributed by atoms with Crippen molar-refractivity contribution in [1.29, 1.82) is 5.26 Å². The van der Waals surface area contributed by atoms with E-state index < -0.39 is 0 Å². The lowest BCUT2D eigenvalue weighted by molar-refractivity contribution is 0.0907. The second kappa shape index (κ2) is 8.29. The van der Waals surface area contributed by atoms with Gasteiger partial charge >= 0.3 is 0 Å². The van der Waals surface area contributed by atoms with Crippen LogP contribution in [0.3, 0.4) is 0 Å². The number of allylic oxidation sites excluding steroid dienone is 2. The number of fused-ring (bicyclic) bond motifs is 1. The predicted octanol–water partition coefficient (Wildman–Crippen LogP) is 2.92. The van der Waals surface area contributed by atoms with E-state index in [1.807, 2.05) is 35.2 Å². The minimum absolute atomic E-state index is 0.121. The molecule has 0 unspecified atom stereocenters. The molecule has 2 aromatic carbocycles. The van der Waals surface area contributed by atoms with E-state index in [2.05, 4.69) is 16.3 Å². The van der Waals surface area contributed by atoms with Crippen molar-refractivity contribution in [2.75, 3.05) is 38.0 Å². The maximum Gasteiger partial charge on any atom is 0.212 e. The lowest BCUT2D eigenvalue weighted by Gasteiger charge is -2.38.